The van der Waals surface area contributed by atoms with Crippen LogP contribution in [0.15, 0.2) is 6.07 Å². The Morgan fingerprint density at radius 1 is 1.44 bits per heavy atom. The van der Waals surface area contributed by atoms with Gasteiger partial charge in [-0.05, 0) is 26.2 Å². The van der Waals surface area contributed by atoms with Gasteiger partial charge in [-0.25, -0.2) is 9.97 Å². The van der Waals surface area contributed by atoms with Gasteiger partial charge < -0.3 is 4.90 Å². The Morgan fingerprint density at radius 3 is 2.81 bits per heavy atom. The zero-order chi connectivity index (χ0) is 11.7. The summed E-state index contributed by atoms with van der Waals surface area (Å²) in [5.74, 6) is 2.68. The highest BCUT2D eigenvalue weighted by Gasteiger charge is 2.31. The maximum absolute atomic E-state index is 4.54. The van der Waals surface area contributed by atoms with Crippen molar-refractivity contribution in [1.82, 2.24) is 9.97 Å². The Morgan fingerprint density at radius 2 is 2.19 bits per heavy atom. The average molecular weight is 284 g/mol. The molecule has 1 aliphatic rings. The third-order valence-corrected chi connectivity index (χ3v) is 3.95. The van der Waals surface area contributed by atoms with E-state index in [0.717, 1.165) is 35.1 Å². The van der Waals surface area contributed by atoms with Crippen LogP contribution in [-0.2, 0) is 0 Å². The number of aryl methyl sites for hydroxylation is 2. The fourth-order valence-corrected chi connectivity index (χ4v) is 3.36. The molecule has 2 atom stereocenters. The van der Waals surface area contributed by atoms with E-state index in [1.807, 2.05) is 13.8 Å². The molecule has 1 saturated heterocycles. The molecule has 0 saturated carbocycles. The third kappa shape index (κ3) is 2.21. The third-order valence-electron chi connectivity index (χ3n) is 3.29. The molecule has 1 aromatic rings. The van der Waals surface area contributed by atoms with E-state index in [-0.39, 0.29) is 0 Å². The maximum atomic E-state index is 4.54. The molecule has 2 heterocycles. The van der Waals surface area contributed by atoms with Crippen LogP contribution in [0.2, 0.25) is 0 Å². The van der Waals surface area contributed by atoms with Crippen LogP contribution in [0.4, 0.5) is 5.82 Å². The minimum atomic E-state index is 0.564. The van der Waals surface area contributed by atoms with E-state index in [1.165, 1.54) is 6.42 Å². The zero-order valence-corrected chi connectivity index (χ0v) is 11.7. The second kappa shape index (κ2) is 4.70. The quantitative estimate of drug-likeness (QED) is 0.782. The van der Waals surface area contributed by atoms with E-state index in [1.54, 1.807) is 0 Å². The van der Waals surface area contributed by atoms with Crippen molar-refractivity contribution in [2.75, 3.05) is 16.8 Å². The van der Waals surface area contributed by atoms with Gasteiger partial charge in [0.2, 0.25) is 0 Å². The van der Waals surface area contributed by atoms with Crippen molar-refractivity contribution in [2.45, 2.75) is 33.2 Å². The van der Waals surface area contributed by atoms with Crippen molar-refractivity contribution in [3.8, 4) is 0 Å². The first-order valence-electron chi connectivity index (χ1n) is 5.76. The lowest BCUT2D eigenvalue weighted by molar-refractivity contribution is 0.552. The van der Waals surface area contributed by atoms with Crippen molar-refractivity contribution in [1.29, 1.82) is 0 Å². The number of aromatic nitrogens is 2. The maximum Gasteiger partial charge on any atom is 0.132 e. The summed E-state index contributed by atoms with van der Waals surface area (Å²) in [4.78, 5) is 11.3. The predicted octanol–water partition coefficient (Wildman–Crippen LogP) is 2.70. The molecule has 1 aromatic heterocycles. The molecule has 3 nitrogen and oxygen atoms in total. The number of hydrogen-bond acceptors (Lipinski definition) is 3. The first kappa shape index (κ1) is 11.8. The molecule has 1 aliphatic heterocycles. The second-order valence-corrected chi connectivity index (χ2v) is 5.24. The van der Waals surface area contributed by atoms with Gasteiger partial charge in [0.1, 0.15) is 11.6 Å². The lowest BCUT2D eigenvalue weighted by Crippen LogP contribution is -2.34. The van der Waals surface area contributed by atoms with Crippen LogP contribution in [0, 0.1) is 19.8 Å². The summed E-state index contributed by atoms with van der Waals surface area (Å²) in [6, 6.07) is 2.65. The van der Waals surface area contributed by atoms with Crippen molar-refractivity contribution in [3.63, 3.8) is 0 Å². The van der Waals surface area contributed by atoms with Crippen LogP contribution in [0.25, 0.3) is 0 Å². The van der Waals surface area contributed by atoms with E-state index in [9.17, 15) is 0 Å². The number of anilines is 1. The summed E-state index contributed by atoms with van der Waals surface area (Å²) < 4.78 is 0. The Kier molecular flexibility index (Phi) is 3.47. The Hall–Kier alpha value is -0.640. The van der Waals surface area contributed by atoms with E-state index >= 15 is 0 Å². The summed E-state index contributed by atoms with van der Waals surface area (Å²) in [5, 5.41) is 1.01. The highest BCUT2D eigenvalue weighted by atomic mass is 79.9. The number of rotatable bonds is 2. The van der Waals surface area contributed by atoms with Gasteiger partial charge in [-0.1, -0.05) is 22.9 Å². The standard InChI is InChI=1S/C12H18BrN3/c1-8-4-5-16(11(8)7-13)12-6-9(2)14-10(3)15-12/h6,8,11H,4-5,7H2,1-3H3. The molecule has 1 fully saturated rings. The molecule has 16 heavy (non-hydrogen) atoms. The van der Waals surface area contributed by atoms with Gasteiger partial charge in [-0.2, -0.15) is 0 Å². The molecular weight excluding hydrogens is 266 g/mol. The molecule has 0 aliphatic carbocycles. The van der Waals surface area contributed by atoms with Gasteiger partial charge in [0.15, 0.2) is 0 Å². The van der Waals surface area contributed by atoms with Gasteiger partial charge in [-0.3, -0.25) is 0 Å². The Bertz CT molecular complexity index is 360. The van der Waals surface area contributed by atoms with Gasteiger partial charge in [0.25, 0.3) is 0 Å². The SMILES string of the molecule is Cc1cc(N2CCC(C)C2CBr)nc(C)n1. The van der Waals surface area contributed by atoms with E-state index in [4.69, 9.17) is 0 Å². The minimum Gasteiger partial charge on any atom is -0.352 e. The van der Waals surface area contributed by atoms with Gasteiger partial charge >= 0.3 is 0 Å². The van der Waals surface area contributed by atoms with Crippen LogP contribution >= 0.6 is 15.9 Å². The highest BCUT2D eigenvalue weighted by molar-refractivity contribution is 9.09. The fourth-order valence-electron chi connectivity index (χ4n) is 2.37. The van der Waals surface area contributed by atoms with Gasteiger partial charge in [0, 0.05) is 29.7 Å². The summed E-state index contributed by atoms with van der Waals surface area (Å²) in [6.07, 6.45) is 1.25. The zero-order valence-electron chi connectivity index (χ0n) is 10.1. The first-order chi connectivity index (χ1) is 7.61. The number of alkyl halides is 1. The number of nitrogens with zero attached hydrogens (tertiary/aromatic N) is 3. The predicted molar refractivity (Wildman–Crippen MR) is 70.2 cm³/mol. The van der Waals surface area contributed by atoms with Crippen molar-refractivity contribution in [3.05, 3.63) is 17.6 Å². The molecule has 0 aromatic carbocycles. The largest absolute Gasteiger partial charge is 0.352 e. The lowest BCUT2D eigenvalue weighted by Gasteiger charge is -2.26. The van der Waals surface area contributed by atoms with Gasteiger partial charge in [-0.15, -0.1) is 0 Å². The molecule has 0 bridgehead atoms. The summed E-state index contributed by atoms with van der Waals surface area (Å²) in [6.45, 7) is 7.40. The molecule has 0 spiro atoms. The van der Waals surface area contributed by atoms with Crippen molar-refractivity contribution in [2.24, 2.45) is 5.92 Å². The molecular formula is C12H18BrN3. The Labute approximate surface area is 105 Å². The summed E-state index contributed by atoms with van der Waals surface area (Å²) in [5.41, 5.74) is 1.05. The molecule has 4 heteroatoms. The van der Waals surface area contributed by atoms with Crippen molar-refractivity contribution < 1.29 is 0 Å². The topological polar surface area (TPSA) is 29.0 Å². The second-order valence-electron chi connectivity index (χ2n) is 4.60. The highest BCUT2D eigenvalue weighted by Crippen LogP contribution is 2.29. The Balaban J connectivity index is 2.29. The molecule has 2 unspecified atom stereocenters. The summed E-state index contributed by atoms with van der Waals surface area (Å²) >= 11 is 3.61. The normalized spacial score (nSPS) is 25.1. The fraction of sp³-hybridized carbons (Fsp3) is 0.667. The van der Waals surface area contributed by atoms with Gasteiger partial charge in [0.05, 0.1) is 0 Å². The average Bonchev–Trinajstić information content (AvgIpc) is 2.58. The van der Waals surface area contributed by atoms with Crippen LogP contribution in [0.1, 0.15) is 24.9 Å². The lowest BCUT2D eigenvalue weighted by atomic mass is 10.1. The van der Waals surface area contributed by atoms with Crippen molar-refractivity contribution >= 4 is 21.7 Å². The number of halogens is 1. The first-order valence-corrected chi connectivity index (χ1v) is 6.89. The van der Waals surface area contributed by atoms with Crippen LogP contribution in [-0.4, -0.2) is 27.9 Å². The van der Waals surface area contributed by atoms with E-state index in [0.29, 0.717) is 6.04 Å². The van der Waals surface area contributed by atoms with Crippen LogP contribution < -0.4 is 4.90 Å². The number of hydrogen-bond donors (Lipinski definition) is 0. The summed E-state index contributed by atoms with van der Waals surface area (Å²) in [7, 11) is 0. The smallest absolute Gasteiger partial charge is 0.132 e. The molecule has 2 rings (SSSR count). The molecule has 0 amide bonds. The molecule has 0 N–H and O–H groups in total. The molecule has 88 valence electrons. The van der Waals surface area contributed by atoms with Crippen LogP contribution in [0.5, 0.6) is 0 Å². The monoisotopic (exact) mass is 283 g/mol. The van der Waals surface area contributed by atoms with E-state index in [2.05, 4.69) is 43.8 Å². The minimum absolute atomic E-state index is 0.564. The molecule has 0 radical (unpaired) electrons. The van der Waals surface area contributed by atoms with E-state index < -0.39 is 0 Å². The van der Waals surface area contributed by atoms with Crippen LogP contribution in [0.3, 0.4) is 0 Å².